The first-order valence-electron chi connectivity index (χ1n) is 14.1. The summed E-state index contributed by atoms with van der Waals surface area (Å²) in [6.45, 7) is 10.5. The van der Waals surface area contributed by atoms with Gasteiger partial charge in [-0.15, -0.1) is 0 Å². The highest BCUT2D eigenvalue weighted by molar-refractivity contribution is 5.93. The van der Waals surface area contributed by atoms with E-state index in [2.05, 4.69) is 28.7 Å². The van der Waals surface area contributed by atoms with Gasteiger partial charge in [0.25, 0.3) is 5.91 Å². The molecule has 0 bridgehead atoms. The van der Waals surface area contributed by atoms with Gasteiger partial charge in [-0.2, -0.15) is 0 Å². The Hall–Kier alpha value is -4.15. The minimum Gasteiger partial charge on any atom is -0.481 e. The largest absolute Gasteiger partial charge is 0.481 e. The van der Waals surface area contributed by atoms with Crippen LogP contribution in [0.1, 0.15) is 62.3 Å². The molecule has 3 aromatic rings. The van der Waals surface area contributed by atoms with Crippen molar-refractivity contribution in [3.8, 4) is 0 Å². The zero-order valence-electron chi connectivity index (χ0n) is 24.2. The van der Waals surface area contributed by atoms with Gasteiger partial charge in [0.15, 0.2) is 17.5 Å². The molecule has 6 rings (SSSR count). The van der Waals surface area contributed by atoms with Crippen molar-refractivity contribution in [1.82, 2.24) is 19.9 Å². The molecule has 1 N–H and O–H groups in total. The van der Waals surface area contributed by atoms with Crippen LogP contribution in [-0.2, 0) is 16.6 Å². The summed E-state index contributed by atoms with van der Waals surface area (Å²) in [5.41, 5.74) is 1.37. The van der Waals surface area contributed by atoms with Gasteiger partial charge in [-0.3, -0.25) is 9.59 Å². The molecule has 2 aliphatic heterocycles. The maximum absolute atomic E-state index is 14.2. The molecular weight excluding hydrogens is 542 g/mol. The Labute approximate surface area is 243 Å². The first-order valence-corrected chi connectivity index (χ1v) is 14.1. The second-order valence-corrected chi connectivity index (χ2v) is 13.2. The van der Waals surface area contributed by atoms with Crippen LogP contribution in [0, 0.1) is 17.0 Å². The minimum absolute atomic E-state index is 0.0831. The first kappa shape index (κ1) is 28.0. The molecule has 1 aromatic carbocycles. The van der Waals surface area contributed by atoms with Crippen LogP contribution in [0.3, 0.4) is 0 Å². The molecule has 1 saturated heterocycles. The van der Waals surface area contributed by atoms with Crippen LogP contribution in [0.15, 0.2) is 42.7 Å². The fourth-order valence-electron chi connectivity index (χ4n) is 7.17. The average Bonchev–Trinajstić information content (AvgIpc) is 3.22. The molecule has 9 nitrogen and oxygen atoms in total. The Morgan fingerprint density at radius 1 is 0.952 bits per heavy atom. The standard InChI is InChI=1S/C31H34F2N6O3/c1-29(2)15-31(16-29)18-38(20-6-7-21(32)22(33)12-20)27-26(31)36-23(14-35-27)28(42)39-10-9-37(17-30(39,3)4)24-8-5-19(13-34-24)11-25(40)41/h5-8,12-14H,9-11,15-18H2,1-4H3,(H,40,41). The number of hydrogen-bond acceptors (Lipinski definition) is 7. The van der Waals surface area contributed by atoms with E-state index in [4.69, 9.17) is 10.1 Å². The van der Waals surface area contributed by atoms with Gasteiger partial charge in [-0.25, -0.2) is 23.7 Å². The van der Waals surface area contributed by atoms with Gasteiger partial charge in [0.05, 0.1) is 23.9 Å². The minimum atomic E-state index is -0.920. The van der Waals surface area contributed by atoms with E-state index in [1.54, 1.807) is 18.3 Å². The van der Waals surface area contributed by atoms with Gasteiger partial charge < -0.3 is 19.8 Å². The van der Waals surface area contributed by atoms with Crippen LogP contribution in [0.5, 0.6) is 0 Å². The number of nitrogens with zero attached hydrogens (tertiary/aromatic N) is 6. The highest BCUT2D eigenvalue weighted by atomic mass is 19.2. The number of hydrogen-bond donors (Lipinski definition) is 1. The lowest BCUT2D eigenvalue weighted by Gasteiger charge is -2.51. The number of fused-ring (bicyclic) bond motifs is 2. The van der Waals surface area contributed by atoms with Gasteiger partial charge >= 0.3 is 5.97 Å². The molecule has 1 aliphatic carbocycles. The fraction of sp³-hybridized carbons (Fsp3) is 0.452. The molecule has 0 atom stereocenters. The number of halogens is 2. The van der Waals surface area contributed by atoms with E-state index in [0.717, 1.165) is 30.4 Å². The zero-order valence-corrected chi connectivity index (χ0v) is 24.2. The van der Waals surface area contributed by atoms with Crippen LogP contribution in [0.2, 0.25) is 0 Å². The third-order valence-electron chi connectivity index (χ3n) is 8.68. The van der Waals surface area contributed by atoms with Crippen LogP contribution >= 0.6 is 0 Å². The number of rotatable bonds is 5. The first-order chi connectivity index (χ1) is 19.8. The summed E-state index contributed by atoms with van der Waals surface area (Å²) in [6, 6.07) is 7.42. The maximum Gasteiger partial charge on any atom is 0.307 e. The van der Waals surface area contributed by atoms with Crippen molar-refractivity contribution in [3.05, 3.63) is 71.3 Å². The SMILES string of the molecule is CC1(C)CC2(CN(c3ccc(F)c(F)c3)c3ncc(C(=O)N4CCN(c5ccc(CC(=O)O)cn5)CC4(C)C)nc32)C1. The average molecular weight is 577 g/mol. The van der Waals surface area contributed by atoms with Gasteiger partial charge in [0, 0.05) is 49.5 Å². The van der Waals surface area contributed by atoms with E-state index in [1.807, 2.05) is 29.7 Å². The number of amides is 1. The van der Waals surface area contributed by atoms with Crippen LogP contribution in [0.4, 0.5) is 26.1 Å². The van der Waals surface area contributed by atoms with E-state index >= 15 is 0 Å². The van der Waals surface area contributed by atoms with E-state index in [9.17, 15) is 18.4 Å². The number of carboxylic acids is 1. The maximum atomic E-state index is 14.2. The Morgan fingerprint density at radius 3 is 2.33 bits per heavy atom. The van der Waals surface area contributed by atoms with Gasteiger partial charge in [0.1, 0.15) is 11.5 Å². The molecular formula is C31H34F2N6O3. The van der Waals surface area contributed by atoms with E-state index < -0.39 is 23.1 Å². The summed E-state index contributed by atoms with van der Waals surface area (Å²) in [6.07, 6.45) is 4.68. The molecule has 0 radical (unpaired) electrons. The zero-order chi connectivity index (χ0) is 30.0. The molecule has 11 heteroatoms. The third-order valence-corrected chi connectivity index (χ3v) is 8.68. The van der Waals surface area contributed by atoms with E-state index in [-0.39, 0.29) is 28.9 Å². The highest BCUT2D eigenvalue weighted by Crippen LogP contribution is 2.60. The predicted molar refractivity (Wildman–Crippen MR) is 153 cm³/mol. The lowest BCUT2D eigenvalue weighted by molar-refractivity contribution is -0.136. The lowest BCUT2D eigenvalue weighted by Crippen LogP contribution is -2.61. The monoisotopic (exact) mass is 576 g/mol. The molecule has 42 heavy (non-hydrogen) atoms. The fourth-order valence-corrected chi connectivity index (χ4v) is 7.17. The van der Waals surface area contributed by atoms with Crippen molar-refractivity contribution in [2.24, 2.45) is 5.41 Å². The number of benzene rings is 1. The van der Waals surface area contributed by atoms with Crippen LogP contribution in [0.25, 0.3) is 0 Å². The summed E-state index contributed by atoms with van der Waals surface area (Å²) < 4.78 is 27.8. The Bertz CT molecular complexity index is 1570. The smallest absolute Gasteiger partial charge is 0.307 e. The van der Waals surface area contributed by atoms with Crippen molar-refractivity contribution in [2.75, 3.05) is 36.0 Å². The van der Waals surface area contributed by atoms with Gasteiger partial charge in [0.2, 0.25) is 0 Å². The summed E-state index contributed by atoms with van der Waals surface area (Å²) >= 11 is 0. The van der Waals surface area contributed by atoms with Crippen molar-refractivity contribution in [2.45, 2.75) is 57.9 Å². The molecule has 220 valence electrons. The van der Waals surface area contributed by atoms with Crippen molar-refractivity contribution < 1.29 is 23.5 Å². The van der Waals surface area contributed by atoms with E-state index in [0.29, 0.717) is 43.2 Å². The Balaban J connectivity index is 1.25. The Kier molecular flexibility index (Phi) is 6.47. The molecule has 3 aliphatic rings. The molecule has 4 heterocycles. The number of piperazine rings is 1. The Morgan fingerprint density at radius 2 is 1.71 bits per heavy atom. The molecule has 2 aromatic heterocycles. The number of carboxylic acid groups (broad SMARTS) is 1. The molecule has 1 spiro atoms. The number of pyridine rings is 1. The number of anilines is 3. The molecule has 1 amide bonds. The van der Waals surface area contributed by atoms with Crippen molar-refractivity contribution in [1.29, 1.82) is 0 Å². The third kappa shape index (κ3) is 4.84. The number of aromatic nitrogens is 3. The van der Waals surface area contributed by atoms with Gasteiger partial charge in [-0.1, -0.05) is 19.9 Å². The van der Waals surface area contributed by atoms with Crippen LogP contribution < -0.4 is 9.80 Å². The number of aliphatic carboxylic acids is 1. The van der Waals surface area contributed by atoms with E-state index in [1.165, 1.54) is 12.3 Å². The predicted octanol–water partition coefficient (Wildman–Crippen LogP) is 4.73. The van der Waals surface area contributed by atoms with Crippen molar-refractivity contribution in [3.63, 3.8) is 0 Å². The molecule has 1 saturated carbocycles. The summed E-state index contributed by atoms with van der Waals surface area (Å²) in [5.74, 6) is -1.63. The number of carbonyl (C=O) groups is 2. The summed E-state index contributed by atoms with van der Waals surface area (Å²) in [5, 5.41) is 9.02. The second kappa shape index (κ2) is 9.71. The lowest BCUT2D eigenvalue weighted by atomic mass is 9.54. The summed E-state index contributed by atoms with van der Waals surface area (Å²) in [4.78, 5) is 44.8. The second-order valence-electron chi connectivity index (χ2n) is 13.2. The number of carbonyl (C=O) groups excluding carboxylic acids is 1. The van der Waals surface area contributed by atoms with Crippen LogP contribution in [-0.4, -0.2) is 68.6 Å². The summed E-state index contributed by atoms with van der Waals surface area (Å²) in [7, 11) is 0. The van der Waals surface area contributed by atoms with Crippen molar-refractivity contribution >= 4 is 29.2 Å². The molecule has 0 unspecified atom stereocenters. The quantitative estimate of drug-likeness (QED) is 0.465. The highest BCUT2D eigenvalue weighted by Gasteiger charge is 2.57. The molecule has 2 fully saturated rings. The van der Waals surface area contributed by atoms with Gasteiger partial charge in [-0.05, 0) is 55.9 Å². The topological polar surface area (TPSA) is 103 Å². The normalized spacial score (nSPS) is 19.9.